The Balaban J connectivity index is 1.78. The highest BCUT2D eigenvalue weighted by Gasteiger charge is 2.45. The minimum Gasteiger partial charge on any atom is -0.484 e. The molecule has 2 aliphatic heterocycles. The molecular weight excluding hydrogens is 385 g/mol. The first kappa shape index (κ1) is 18.8. The van der Waals surface area contributed by atoms with Crippen LogP contribution in [0, 0.1) is 5.41 Å². The van der Waals surface area contributed by atoms with Gasteiger partial charge in [-0.2, -0.15) is 0 Å². The third-order valence-electron chi connectivity index (χ3n) is 4.98. The fourth-order valence-corrected chi connectivity index (χ4v) is 4.04. The van der Waals surface area contributed by atoms with Gasteiger partial charge in [-0.15, -0.1) is 11.6 Å². The predicted octanol–water partition coefficient (Wildman–Crippen LogP) is 4.58. The van der Waals surface area contributed by atoms with Crippen LogP contribution in [0.3, 0.4) is 0 Å². The monoisotopic (exact) mass is 403 g/mol. The Morgan fingerprint density at radius 3 is 2.52 bits per heavy atom. The molecule has 0 atom stereocenters. The van der Waals surface area contributed by atoms with Gasteiger partial charge >= 0.3 is 0 Å². The van der Waals surface area contributed by atoms with Crippen molar-refractivity contribution < 1.29 is 14.3 Å². The van der Waals surface area contributed by atoms with E-state index in [1.165, 1.54) is 0 Å². The molecule has 0 radical (unpaired) electrons. The van der Waals surface area contributed by atoms with Crippen LogP contribution in [0.15, 0.2) is 12.1 Å². The van der Waals surface area contributed by atoms with Crippen LogP contribution in [-0.2, 0) is 4.79 Å². The summed E-state index contributed by atoms with van der Waals surface area (Å²) in [5.74, 6) is 0.686. The Labute approximate surface area is 162 Å². The highest BCUT2D eigenvalue weighted by molar-refractivity contribution is 6.36. The van der Waals surface area contributed by atoms with Gasteiger partial charge in [0.1, 0.15) is 11.4 Å². The Bertz CT molecular complexity index is 725. The van der Waals surface area contributed by atoms with Crippen molar-refractivity contribution in [2.75, 3.05) is 19.0 Å². The number of nitrogens with zero attached hydrogens (tertiary/aromatic N) is 1. The molecule has 0 unspecified atom stereocenters. The fourth-order valence-electron chi connectivity index (χ4n) is 3.39. The van der Waals surface area contributed by atoms with Gasteiger partial charge in [0.2, 0.25) is 5.91 Å². The Morgan fingerprint density at radius 1 is 1.28 bits per heavy atom. The molecule has 1 spiro atoms. The number of amides is 1. The van der Waals surface area contributed by atoms with E-state index in [-0.39, 0.29) is 24.0 Å². The molecule has 0 aliphatic carbocycles. The van der Waals surface area contributed by atoms with Gasteiger partial charge in [-0.25, -0.2) is 0 Å². The Kier molecular flexibility index (Phi) is 5.00. The number of benzene rings is 1. The number of likely N-dealkylation sites (tertiary alicyclic amines) is 1. The van der Waals surface area contributed by atoms with Crippen LogP contribution in [-0.4, -0.2) is 41.2 Å². The fraction of sp³-hybridized carbons (Fsp3) is 0.556. The van der Waals surface area contributed by atoms with Crippen molar-refractivity contribution in [1.29, 1.82) is 0 Å². The molecule has 1 aromatic rings. The summed E-state index contributed by atoms with van der Waals surface area (Å²) in [6.45, 7) is 4.75. The summed E-state index contributed by atoms with van der Waals surface area (Å²) in [7, 11) is 0. The summed E-state index contributed by atoms with van der Waals surface area (Å²) in [5, 5.41) is 0.761. The molecule has 0 bridgehead atoms. The van der Waals surface area contributed by atoms with Gasteiger partial charge in [0.15, 0.2) is 5.78 Å². The summed E-state index contributed by atoms with van der Waals surface area (Å²) >= 11 is 18.1. The summed E-state index contributed by atoms with van der Waals surface area (Å²) in [6, 6.07) is 3.18. The first-order valence-corrected chi connectivity index (χ1v) is 9.53. The lowest BCUT2D eigenvalue weighted by Gasteiger charge is -2.45. The molecule has 1 saturated heterocycles. The number of hydrogen-bond acceptors (Lipinski definition) is 3. The minimum atomic E-state index is -0.608. The molecule has 25 heavy (non-hydrogen) atoms. The molecule has 0 N–H and O–H groups in total. The molecule has 3 rings (SSSR count). The van der Waals surface area contributed by atoms with Gasteiger partial charge in [-0.3, -0.25) is 9.59 Å². The number of fused-ring (bicyclic) bond motifs is 1. The highest BCUT2D eigenvalue weighted by Crippen LogP contribution is 2.44. The zero-order chi connectivity index (χ0) is 18.4. The quantitative estimate of drug-likeness (QED) is 0.678. The average Bonchev–Trinajstić information content (AvgIpc) is 2.56. The third kappa shape index (κ3) is 3.49. The molecule has 136 valence electrons. The predicted molar refractivity (Wildman–Crippen MR) is 99.1 cm³/mol. The van der Waals surface area contributed by atoms with E-state index in [0.29, 0.717) is 47.3 Å². The molecule has 1 aromatic carbocycles. The second-order valence-corrected chi connectivity index (χ2v) is 8.57. The van der Waals surface area contributed by atoms with Gasteiger partial charge in [0, 0.05) is 36.8 Å². The van der Waals surface area contributed by atoms with Gasteiger partial charge in [0.25, 0.3) is 0 Å². The van der Waals surface area contributed by atoms with Crippen LogP contribution in [0.4, 0.5) is 0 Å². The van der Waals surface area contributed by atoms with Crippen molar-refractivity contribution >= 4 is 46.5 Å². The number of carbonyl (C=O) groups excluding carboxylic acids is 2. The number of carbonyl (C=O) groups is 2. The van der Waals surface area contributed by atoms with Crippen molar-refractivity contribution in [2.24, 2.45) is 5.41 Å². The van der Waals surface area contributed by atoms with Crippen molar-refractivity contribution in [3.63, 3.8) is 0 Å². The SMILES string of the molecule is CC(C)(CCl)C(=O)N1CCC2(CC1)CC(=O)c1cc(Cl)cc(Cl)c1O2. The van der Waals surface area contributed by atoms with E-state index in [2.05, 4.69) is 0 Å². The van der Waals surface area contributed by atoms with Gasteiger partial charge in [-0.1, -0.05) is 23.2 Å². The second-order valence-electron chi connectivity index (χ2n) is 7.46. The number of ether oxygens (including phenoxy) is 1. The van der Waals surface area contributed by atoms with Crippen LogP contribution in [0.5, 0.6) is 5.75 Å². The van der Waals surface area contributed by atoms with Crippen LogP contribution in [0.1, 0.15) is 43.5 Å². The Hall–Kier alpha value is -0.970. The molecule has 2 aliphatic rings. The Morgan fingerprint density at radius 2 is 1.92 bits per heavy atom. The third-order valence-corrected chi connectivity index (χ3v) is 6.15. The summed E-state index contributed by atoms with van der Waals surface area (Å²) in [5.41, 5.74) is -0.768. The summed E-state index contributed by atoms with van der Waals surface area (Å²) in [4.78, 5) is 27.0. The van der Waals surface area contributed by atoms with Gasteiger partial charge in [0.05, 0.1) is 22.4 Å². The van der Waals surface area contributed by atoms with Gasteiger partial charge in [-0.05, 0) is 26.0 Å². The first-order valence-electron chi connectivity index (χ1n) is 8.24. The van der Waals surface area contributed by atoms with E-state index in [9.17, 15) is 9.59 Å². The summed E-state index contributed by atoms with van der Waals surface area (Å²) < 4.78 is 6.18. The number of rotatable bonds is 2. The van der Waals surface area contributed by atoms with Crippen molar-refractivity contribution in [3.05, 3.63) is 27.7 Å². The minimum absolute atomic E-state index is 0.0217. The van der Waals surface area contributed by atoms with Crippen LogP contribution < -0.4 is 4.74 Å². The number of piperidine rings is 1. The largest absolute Gasteiger partial charge is 0.484 e. The first-order chi connectivity index (χ1) is 11.7. The van der Waals surface area contributed by atoms with Crippen LogP contribution >= 0.6 is 34.8 Å². The number of alkyl halides is 1. The van der Waals surface area contributed by atoms with Crippen molar-refractivity contribution in [2.45, 2.75) is 38.7 Å². The number of ketones is 1. The second kappa shape index (κ2) is 6.64. The van der Waals surface area contributed by atoms with E-state index in [0.717, 1.165) is 0 Å². The van der Waals surface area contributed by atoms with Gasteiger partial charge < -0.3 is 9.64 Å². The lowest BCUT2D eigenvalue weighted by Crippen LogP contribution is -2.54. The molecule has 0 aromatic heterocycles. The normalized spacial score (nSPS) is 19.6. The molecule has 1 fully saturated rings. The molecule has 7 heteroatoms. The van der Waals surface area contributed by atoms with E-state index in [1.54, 1.807) is 17.0 Å². The van der Waals surface area contributed by atoms with E-state index < -0.39 is 11.0 Å². The number of hydrogen-bond donors (Lipinski definition) is 0. The zero-order valence-electron chi connectivity index (χ0n) is 14.2. The van der Waals surface area contributed by atoms with Crippen molar-refractivity contribution in [1.82, 2.24) is 4.90 Å². The standard InChI is InChI=1S/C18H20Cl3NO3/c1-17(2,10-19)16(24)22-5-3-18(4-6-22)9-14(23)12-7-11(20)8-13(21)15(12)25-18/h7-8H,3-6,9-10H2,1-2H3. The number of halogens is 3. The van der Waals surface area contributed by atoms with Crippen LogP contribution in [0.25, 0.3) is 0 Å². The van der Waals surface area contributed by atoms with E-state index in [1.807, 2.05) is 13.8 Å². The molecule has 0 saturated carbocycles. The lowest BCUT2D eigenvalue weighted by molar-refractivity contribution is -0.142. The molecule has 2 heterocycles. The van der Waals surface area contributed by atoms with E-state index in [4.69, 9.17) is 39.5 Å². The maximum atomic E-state index is 12.6. The lowest BCUT2D eigenvalue weighted by atomic mass is 9.81. The van der Waals surface area contributed by atoms with Crippen molar-refractivity contribution in [3.8, 4) is 5.75 Å². The topological polar surface area (TPSA) is 46.6 Å². The maximum Gasteiger partial charge on any atom is 0.229 e. The molecule has 1 amide bonds. The smallest absolute Gasteiger partial charge is 0.229 e. The van der Waals surface area contributed by atoms with Crippen LogP contribution in [0.2, 0.25) is 10.0 Å². The average molecular weight is 405 g/mol. The van der Waals surface area contributed by atoms with E-state index >= 15 is 0 Å². The summed E-state index contributed by atoms with van der Waals surface area (Å²) in [6.07, 6.45) is 1.44. The highest BCUT2D eigenvalue weighted by atomic mass is 35.5. The number of Topliss-reactive ketones (excluding diaryl/α,β-unsaturated/α-hetero) is 1. The maximum absolute atomic E-state index is 12.6. The molecular formula is C18H20Cl3NO3. The zero-order valence-corrected chi connectivity index (χ0v) is 16.5. The molecule has 4 nitrogen and oxygen atoms in total.